The molecule has 20 heteroatoms. The normalized spacial score (nSPS) is 17.6. The Morgan fingerprint density at radius 2 is 1.47 bits per heavy atom. The molecule has 0 saturated carbocycles. The van der Waals surface area contributed by atoms with Gasteiger partial charge >= 0.3 is 5.97 Å². The molecule has 8 unspecified atom stereocenters. The molecule has 7 amide bonds. The number of aliphatic hydroxyl groups excluding tert-OH is 1. The van der Waals surface area contributed by atoms with E-state index in [1.54, 1.807) is 63.4 Å². The van der Waals surface area contributed by atoms with Crippen LogP contribution in [0.25, 0.3) is 0 Å². The Kier molecular flexibility index (Phi) is 22.8. The Morgan fingerprint density at radius 3 is 2.06 bits per heavy atom. The number of esters is 1. The van der Waals surface area contributed by atoms with Gasteiger partial charge in [-0.05, 0) is 88.6 Å². The number of carbonyl (C=O) groups is 9. The number of aliphatic hydroxyl groups is 1. The summed E-state index contributed by atoms with van der Waals surface area (Å²) >= 11 is 0. The molecule has 1 heterocycles. The number of hydrogen-bond donors (Lipinski definition) is 9. The summed E-state index contributed by atoms with van der Waals surface area (Å²) in [6.45, 7) is 7.96. The van der Waals surface area contributed by atoms with Gasteiger partial charge in [0.15, 0.2) is 0 Å². The molecule has 0 bridgehead atoms. The van der Waals surface area contributed by atoms with Crippen molar-refractivity contribution in [2.75, 3.05) is 7.05 Å². The number of aromatic hydroxyl groups is 1. The number of nitrogens with two attached hydrogens (primary N) is 1. The van der Waals surface area contributed by atoms with Crippen LogP contribution in [0.5, 0.6) is 5.75 Å². The van der Waals surface area contributed by atoms with Crippen LogP contribution >= 0.6 is 0 Å². The van der Waals surface area contributed by atoms with Crippen LogP contribution in [-0.4, -0.2) is 124 Å². The third-order valence-corrected chi connectivity index (χ3v) is 11.4. The van der Waals surface area contributed by atoms with Crippen molar-refractivity contribution in [3.8, 4) is 5.75 Å². The number of nitrogens with one attached hydrogen (secondary N) is 6. The van der Waals surface area contributed by atoms with Gasteiger partial charge in [-0.1, -0.05) is 82.2 Å². The van der Waals surface area contributed by atoms with Crippen molar-refractivity contribution in [1.82, 2.24) is 36.8 Å². The predicted molar refractivity (Wildman–Crippen MR) is 249 cm³/mol. The van der Waals surface area contributed by atoms with Crippen molar-refractivity contribution in [2.24, 2.45) is 11.7 Å². The fourth-order valence-corrected chi connectivity index (χ4v) is 7.47. The number of likely N-dealkylation sites (tertiary alicyclic amines) is 1. The molecular weight excluding hydrogens is 881 g/mol. The van der Waals surface area contributed by atoms with E-state index in [9.17, 15) is 53.4 Å². The van der Waals surface area contributed by atoms with Crippen LogP contribution in [0.15, 0.2) is 66.4 Å². The van der Waals surface area contributed by atoms with Crippen molar-refractivity contribution in [2.45, 2.75) is 147 Å². The summed E-state index contributed by atoms with van der Waals surface area (Å²) in [6.07, 6.45) is 0.846. The molecule has 0 aliphatic carbocycles. The Hall–Kier alpha value is -6.67. The summed E-state index contributed by atoms with van der Waals surface area (Å²) in [7, 11) is 1.56. The van der Waals surface area contributed by atoms with Gasteiger partial charge in [0, 0.05) is 12.8 Å². The maximum Gasteiger partial charge on any atom is 0.329 e. The number of benzene rings is 2. The van der Waals surface area contributed by atoms with Crippen LogP contribution in [0.2, 0.25) is 0 Å². The lowest BCUT2D eigenvalue weighted by Gasteiger charge is -2.39. The first-order valence-corrected chi connectivity index (χ1v) is 22.9. The van der Waals surface area contributed by atoms with Gasteiger partial charge in [0.1, 0.15) is 54.2 Å². The average Bonchev–Trinajstić information content (AvgIpc) is 3.30. The van der Waals surface area contributed by atoms with Gasteiger partial charge in [-0.15, -0.1) is 0 Å². The first-order chi connectivity index (χ1) is 32.3. The van der Waals surface area contributed by atoms with Gasteiger partial charge in [0.05, 0.1) is 12.1 Å². The third kappa shape index (κ3) is 17.2. The number of rotatable bonds is 27. The lowest BCUT2D eigenvalue weighted by atomic mass is 9.98. The molecular formula is C48H68N8O12. The molecule has 1 aliphatic rings. The first kappa shape index (κ1) is 55.7. The highest BCUT2D eigenvalue weighted by Gasteiger charge is 2.41. The highest BCUT2D eigenvalue weighted by molar-refractivity contribution is 6.02. The zero-order valence-electron chi connectivity index (χ0n) is 39.6. The van der Waals surface area contributed by atoms with E-state index >= 15 is 0 Å². The number of unbranched alkanes of at least 4 members (excludes halogenated alkanes) is 2. The minimum atomic E-state index is -1.78. The molecule has 372 valence electrons. The van der Waals surface area contributed by atoms with Gasteiger partial charge in [0.25, 0.3) is 11.8 Å². The Bertz CT molecular complexity index is 2080. The number of phenolic OH excluding ortho intramolecular Hbond substituents is 1. The van der Waals surface area contributed by atoms with Crippen LogP contribution < -0.4 is 37.6 Å². The quantitative estimate of drug-likeness (QED) is 0.0258. The van der Waals surface area contributed by atoms with Crippen molar-refractivity contribution in [1.29, 1.82) is 0 Å². The second-order valence-electron chi connectivity index (χ2n) is 17.1. The number of amides is 7. The topological polar surface area (TPSA) is 305 Å². The van der Waals surface area contributed by atoms with E-state index < -0.39 is 102 Å². The van der Waals surface area contributed by atoms with Crippen molar-refractivity contribution >= 4 is 53.6 Å². The fraction of sp³-hybridized carbons (Fsp3) is 0.521. The summed E-state index contributed by atoms with van der Waals surface area (Å²) in [5.41, 5.74) is 6.45. The number of ether oxygens (including phenoxy) is 1. The summed E-state index contributed by atoms with van der Waals surface area (Å²) in [5, 5.41) is 36.2. The molecule has 0 radical (unpaired) electrons. The molecule has 2 aromatic rings. The lowest BCUT2D eigenvalue weighted by Crippen LogP contribution is -2.61. The number of aldehydes is 1. The second-order valence-corrected chi connectivity index (χ2v) is 17.1. The van der Waals surface area contributed by atoms with Gasteiger partial charge in [-0.3, -0.25) is 33.6 Å². The van der Waals surface area contributed by atoms with Crippen molar-refractivity contribution in [3.05, 3.63) is 77.5 Å². The molecule has 1 aliphatic heterocycles. The van der Waals surface area contributed by atoms with Crippen LogP contribution in [0, 0.1) is 5.92 Å². The molecule has 3 rings (SSSR count). The predicted octanol–water partition coefficient (Wildman–Crippen LogP) is 0.666. The van der Waals surface area contributed by atoms with E-state index in [1.807, 2.05) is 6.92 Å². The third-order valence-electron chi connectivity index (χ3n) is 11.4. The zero-order chi connectivity index (χ0) is 50.5. The van der Waals surface area contributed by atoms with Gasteiger partial charge in [-0.25, -0.2) is 4.79 Å². The van der Waals surface area contributed by atoms with Crippen LogP contribution in [0.1, 0.15) is 97.1 Å². The lowest BCUT2D eigenvalue weighted by molar-refractivity contribution is -0.157. The number of phenols is 1. The number of allylic oxidation sites excluding steroid dienone is 1. The van der Waals surface area contributed by atoms with Gasteiger partial charge < -0.3 is 62.3 Å². The Balaban J connectivity index is 1.89. The molecule has 1 fully saturated rings. The van der Waals surface area contributed by atoms with E-state index in [1.165, 1.54) is 32.1 Å². The number of likely N-dealkylation sites (N-methyl/N-ethyl adjacent to an activating group) is 1. The Labute approximate surface area is 396 Å². The van der Waals surface area contributed by atoms with E-state index in [2.05, 4.69) is 31.9 Å². The number of piperidine rings is 1. The number of carbonyl (C=O) groups excluding carboxylic acids is 9. The van der Waals surface area contributed by atoms with Crippen LogP contribution in [0.4, 0.5) is 0 Å². The van der Waals surface area contributed by atoms with Gasteiger partial charge in [-0.2, -0.15) is 0 Å². The van der Waals surface area contributed by atoms with Gasteiger partial charge in [0.2, 0.25) is 29.5 Å². The highest BCUT2D eigenvalue weighted by Crippen LogP contribution is 2.22. The summed E-state index contributed by atoms with van der Waals surface area (Å²) in [4.78, 5) is 121. The Morgan fingerprint density at radius 1 is 0.838 bits per heavy atom. The smallest absolute Gasteiger partial charge is 0.329 e. The molecule has 1 saturated heterocycles. The van der Waals surface area contributed by atoms with Crippen molar-refractivity contribution in [3.63, 3.8) is 0 Å². The van der Waals surface area contributed by atoms with Crippen LogP contribution in [0.3, 0.4) is 0 Å². The monoisotopic (exact) mass is 948 g/mol. The second kappa shape index (κ2) is 27.8. The molecule has 2 aromatic carbocycles. The minimum absolute atomic E-state index is 0.00789. The van der Waals surface area contributed by atoms with E-state index in [0.717, 1.165) is 28.9 Å². The SMILES string of the molecule is C/C=C(\NC(=O)C(NC(=O)C(CCC(N)=O)NC(=O)CCCCC)C(C)OC(=O)C(NC(=O)C(Cc1ccc(O)cc1)NC)C(C)C)C(=O)NC1CCC(O)N(C(C=O)Cc2ccccc2)C1=O. The van der Waals surface area contributed by atoms with E-state index in [0.29, 0.717) is 12.7 Å². The molecule has 10 N–H and O–H groups in total. The number of hydrogen-bond acceptors (Lipinski definition) is 13. The fourth-order valence-electron chi connectivity index (χ4n) is 7.47. The molecule has 8 atom stereocenters. The highest BCUT2D eigenvalue weighted by atomic mass is 16.5. The maximum absolute atomic E-state index is 14.3. The van der Waals surface area contributed by atoms with E-state index in [-0.39, 0.29) is 56.4 Å². The molecule has 20 nitrogen and oxygen atoms in total. The molecule has 0 spiro atoms. The number of primary amides is 1. The summed E-state index contributed by atoms with van der Waals surface area (Å²) in [6, 6.07) is 7.60. The summed E-state index contributed by atoms with van der Waals surface area (Å²) in [5.74, 6) is -7.00. The van der Waals surface area contributed by atoms with Crippen LogP contribution in [-0.2, 0) is 60.7 Å². The number of nitrogens with zero attached hydrogens (tertiary/aromatic N) is 1. The van der Waals surface area contributed by atoms with E-state index in [4.69, 9.17) is 10.5 Å². The summed E-state index contributed by atoms with van der Waals surface area (Å²) < 4.78 is 5.78. The zero-order valence-corrected chi connectivity index (χ0v) is 39.6. The minimum Gasteiger partial charge on any atom is -0.508 e. The molecule has 0 aromatic heterocycles. The average molecular weight is 949 g/mol. The first-order valence-electron chi connectivity index (χ1n) is 22.9. The maximum atomic E-state index is 14.3. The molecule has 68 heavy (non-hydrogen) atoms. The largest absolute Gasteiger partial charge is 0.508 e. The standard InChI is InChI=1S/C48H68N8O12/c1-7-9-11-16-39(60)51-35(21-23-38(49)59)44(63)55-42(29(5)68-48(67)41(28(3)4)54-45(64)37(50-6)26-31-17-19-33(58)20-18-31)46(65)52-34(8-2)43(62)53-36-22-24-40(61)56(47(36)66)32(27-57)25-30-14-12-10-13-15-30/h8,10,12-15,17-20,27-29,32,35-37,40-42,50,58,61H,7,9,11,16,21-26H2,1-6H3,(H2,49,59)(H,51,60)(H,52,65)(H,53,62)(H,54,64)(H,55,63)/b34-8-. The van der Waals surface area contributed by atoms with Crippen molar-refractivity contribution < 1.29 is 58.1 Å².